The average molecular weight is 501 g/mol. The van der Waals surface area contributed by atoms with Gasteiger partial charge in [-0.15, -0.1) is 0 Å². The molecule has 0 spiro atoms. The monoisotopic (exact) mass is 501 g/mol. The van der Waals surface area contributed by atoms with E-state index < -0.39 is 21.8 Å². The number of nitrogens with zero attached hydrogens (tertiary/aromatic N) is 1. The van der Waals surface area contributed by atoms with Gasteiger partial charge in [-0.2, -0.15) is 0 Å². The Hall–Kier alpha value is -0.977. The molecule has 0 unspecified atom stereocenters. The fourth-order valence-corrected chi connectivity index (χ4v) is 12.6. The van der Waals surface area contributed by atoms with Crippen LogP contribution in [-0.4, -0.2) is 32.2 Å². The van der Waals surface area contributed by atoms with E-state index in [1.165, 1.54) is 14.4 Å². The zero-order valence-electron chi connectivity index (χ0n) is 14.6. The van der Waals surface area contributed by atoms with Crippen LogP contribution >= 0.6 is 0 Å². The second-order valence-electron chi connectivity index (χ2n) is 7.35. The second kappa shape index (κ2) is 6.50. The Labute approximate surface area is 148 Å². The van der Waals surface area contributed by atoms with Gasteiger partial charge in [0.05, 0.1) is 0 Å². The molecule has 2 aromatic rings. The van der Waals surface area contributed by atoms with Crippen LogP contribution in [-0.2, 0) is 13.1 Å². The van der Waals surface area contributed by atoms with Crippen LogP contribution < -0.4 is 6.54 Å². The summed E-state index contributed by atoms with van der Waals surface area (Å²) in [6, 6.07) is 18.2. The van der Waals surface area contributed by atoms with Crippen LogP contribution in [0.2, 0.25) is 0 Å². The first-order valence-corrected chi connectivity index (χ1v) is 13.5. The Kier molecular flexibility index (Phi) is 4.76. The Morgan fingerprint density at radius 3 is 1.74 bits per heavy atom. The predicted octanol–water partition coefficient (Wildman–Crippen LogP) is 3.53. The van der Waals surface area contributed by atoms with Crippen LogP contribution in [0.5, 0.6) is 0 Å². The normalized spacial score (nSPS) is 16.2. The summed E-state index contributed by atoms with van der Waals surface area (Å²) in [5.41, 5.74) is 3.18. The van der Waals surface area contributed by atoms with Crippen molar-refractivity contribution in [2.45, 2.75) is 46.3 Å². The van der Waals surface area contributed by atoms with Gasteiger partial charge in [-0.25, -0.2) is 0 Å². The topological polar surface area (TPSA) is 3.24 Å². The summed E-state index contributed by atoms with van der Waals surface area (Å²) in [4.78, 5) is 2.60. The van der Waals surface area contributed by atoms with Gasteiger partial charge in [0, 0.05) is 0 Å². The van der Waals surface area contributed by atoms with Crippen LogP contribution in [0.4, 0.5) is 0 Å². The van der Waals surface area contributed by atoms with Crippen LogP contribution in [0, 0.1) is 0 Å². The molecule has 1 aliphatic rings. The van der Waals surface area contributed by atoms with Crippen LogP contribution in [0.1, 0.15) is 38.8 Å². The van der Waals surface area contributed by atoms with Crippen LogP contribution in [0.3, 0.4) is 0 Å². The third-order valence-electron chi connectivity index (χ3n) is 4.52. The molecule has 0 bridgehead atoms. The van der Waals surface area contributed by atoms with Crippen molar-refractivity contribution >= 4 is 28.3 Å². The third-order valence-corrected chi connectivity index (χ3v) is 14.6. The summed E-state index contributed by atoms with van der Waals surface area (Å²) in [6.07, 6.45) is 0. The Bertz CT molecular complexity index is 677. The molecule has 23 heavy (non-hydrogen) atoms. The van der Waals surface area contributed by atoms with Gasteiger partial charge in [0.1, 0.15) is 0 Å². The van der Waals surface area contributed by atoms with Crippen molar-refractivity contribution in [1.29, 1.82) is 0 Å². The Morgan fingerprint density at radius 2 is 1.35 bits per heavy atom. The summed E-state index contributed by atoms with van der Waals surface area (Å²) in [5.74, 6) is 0. The number of benzene rings is 2. The molecule has 1 heterocycles. The van der Waals surface area contributed by atoms with Crippen molar-refractivity contribution in [3.05, 3.63) is 69.5 Å². The fourth-order valence-electron chi connectivity index (χ4n) is 3.21. The molecule has 0 saturated heterocycles. The zero-order chi connectivity index (χ0) is 16.6. The Morgan fingerprint density at radius 1 is 0.913 bits per heavy atom. The third kappa shape index (κ3) is 3.44. The van der Waals surface area contributed by atoms with Crippen molar-refractivity contribution in [2.75, 3.05) is 0 Å². The summed E-state index contributed by atoms with van der Waals surface area (Å²) < 4.78 is 4.64. The quantitative estimate of drug-likeness (QED) is 0.541. The number of rotatable bonds is 1. The van der Waals surface area contributed by atoms with Gasteiger partial charge in [-0.05, 0) is 0 Å². The minimum absolute atomic E-state index is 0.158. The van der Waals surface area contributed by atoms with Crippen molar-refractivity contribution in [3.8, 4) is 0 Å². The van der Waals surface area contributed by atoms with Gasteiger partial charge in [-0.3, -0.25) is 0 Å². The number of allylic oxidation sites excluding steroid dienone is 1. The van der Waals surface area contributed by atoms with Crippen molar-refractivity contribution < 1.29 is 0 Å². The van der Waals surface area contributed by atoms with Gasteiger partial charge in [0.2, 0.25) is 0 Å². The molecule has 0 aromatic heterocycles. The summed E-state index contributed by atoms with van der Waals surface area (Å²) in [5, 5.41) is 0. The molecule has 0 aliphatic carbocycles. The molecular weight excluding hydrogens is 475 g/mol. The van der Waals surface area contributed by atoms with Crippen molar-refractivity contribution in [2.24, 2.45) is 0 Å². The second-order valence-corrected chi connectivity index (χ2v) is 16.7. The first kappa shape index (κ1) is 16.9. The SMILES string of the molecule is C=[C](C)[Bi]1[c]2ccccc2CN(C(C)(C)C)Cc2cccc[c]21. The first-order chi connectivity index (χ1) is 10.9. The molecule has 120 valence electrons. The Balaban J connectivity index is 2.23. The molecule has 1 aliphatic heterocycles. The van der Waals surface area contributed by atoms with Gasteiger partial charge in [0.25, 0.3) is 0 Å². The van der Waals surface area contributed by atoms with Crippen molar-refractivity contribution in [1.82, 2.24) is 4.90 Å². The average Bonchev–Trinajstić information content (AvgIpc) is 2.46. The minimum atomic E-state index is -2.15. The summed E-state index contributed by atoms with van der Waals surface area (Å²) in [6.45, 7) is 15.7. The van der Waals surface area contributed by atoms with Crippen LogP contribution in [0.15, 0.2) is 58.4 Å². The molecule has 0 amide bonds. The number of hydrogen-bond donors (Lipinski definition) is 0. The van der Waals surface area contributed by atoms with E-state index in [1.807, 2.05) is 0 Å². The van der Waals surface area contributed by atoms with E-state index in [2.05, 4.69) is 87.7 Å². The van der Waals surface area contributed by atoms with E-state index in [0.29, 0.717) is 0 Å². The van der Waals surface area contributed by atoms with E-state index in [4.69, 9.17) is 0 Å². The molecule has 0 atom stereocenters. The standard InChI is InChI=1S/C18H21N.C3H5.Bi/c1-18(2,3)19(14-16-10-6-4-7-11-16)15-17-12-8-5-9-13-17;1-3-2;/h4-10,12H,14-15H2,1-3H3;1H2,2H3;. The maximum absolute atomic E-state index is 4.39. The van der Waals surface area contributed by atoms with Gasteiger partial charge in [0.15, 0.2) is 0 Å². The molecule has 0 saturated carbocycles. The van der Waals surface area contributed by atoms with E-state index in [0.717, 1.165) is 13.1 Å². The fraction of sp³-hybridized carbons (Fsp3) is 0.333. The van der Waals surface area contributed by atoms with Crippen LogP contribution in [0.25, 0.3) is 0 Å². The van der Waals surface area contributed by atoms with E-state index in [9.17, 15) is 0 Å². The van der Waals surface area contributed by atoms with Gasteiger partial charge >= 0.3 is 149 Å². The van der Waals surface area contributed by atoms with E-state index in [1.54, 1.807) is 6.54 Å². The first-order valence-electron chi connectivity index (χ1n) is 8.24. The number of fused-ring (bicyclic) bond motifs is 2. The van der Waals surface area contributed by atoms with E-state index in [-0.39, 0.29) is 5.54 Å². The number of hydrogen-bond acceptors (Lipinski definition) is 1. The predicted molar refractivity (Wildman–Crippen MR) is 102 cm³/mol. The zero-order valence-corrected chi connectivity index (χ0v) is 18.1. The molecule has 0 radical (unpaired) electrons. The van der Waals surface area contributed by atoms with Gasteiger partial charge < -0.3 is 0 Å². The molecule has 2 aromatic carbocycles. The maximum atomic E-state index is 4.39. The molecular formula is C21H26BiN. The van der Waals surface area contributed by atoms with Gasteiger partial charge in [-0.1, -0.05) is 0 Å². The molecule has 0 fully saturated rings. The summed E-state index contributed by atoms with van der Waals surface area (Å²) in [7, 11) is 0. The van der Waals surface area contributed by atoms with E-state index >= 15 is 0 Å². The molecule has 2 heteroatoms. The van der Waals surface area contributed by atoms with Crippen molar-refractivity contribution in [3.63, 3.8) is 0 Å². The molecule has 3 rings (SSSR count). The molecule has 1 nitrogen and oxygen atoms in total. The summed E-state index contributed by atoms with van der Waals surface area (Å²) >= 11 is -2.15. The molecule has 0 N–H and O–H groups in total.